The number of rotatable bonds is 6. The second-order valence-electron chi connectivity index (χ2n) is 4.15. The van der Waals surface area contributed by atoms with E-state index in [1.807, 2.05) is 6.92 Å². The lowest BCUT2D eigenvalue weighted by molar-refractivity contribution is -0.144. The molecule has 1 rings (SSSR count). The minimum absolute atomic E-state index is 0.0656. The van der Waals surface area contributed by atoms with Crippen LogP contribution >= 0.6 is 0 Å². The first-order valence-corrected chi connectivity index (χ1v) is 7.58. The average Bonchev–Trinajstić information content (AvgIpc) is 2.39. The van der Waals surface area contributed by atoms with Gasteiger partial charge in [-0.05, 0) is 26.0 Å². The highest BCUT2D eigenvalue weighted by molar-refractivity contribution is 7.89. The molecule has 0 amide bonds. The third-order valence-electron chi connectivity index (χ3n) is 2.52. The third kappa shape index (κ3) is 4.37. The Morgan fingerprint density at radius 3 is 2.50 bits per heavy atom. The van der Waals surface area contributed by atoms with Gasteiger partial charge in [-0.15, -0.1) is 12.3 Å². The zero-order valence-corrected chi connectivity index (χ0v) is 12.2. The lowest BCUT2D eigenvalue weighted by Gasteiger charge is -2.15. The molecule has 0 spiro atoms. The van der Waals surface area contributed by atoms with Crippen LogP contribution in [0.5, 0.6) is 0 Å². The van der Waals surface area contributed by atoms with Gasteiger partial charge in [0.1, 0.15) is 6.04 Å². The Balaban J connectivity index is 2.94. The summed E-state index contributed by atoms with van der Waals surface area (Å²) in [4.78, 5) is 11.7. The number of hydrogen-bond donors (Lipinski definition) is 1. The van der Waals surface area contributed by atoms with Crippen LogP contribution in [-0.4, -0.2) is 27.0 Å². The van der Waals surface area contributed by atoms with Crippen molar-refractivity contribution in [2.24, 2.45) is 0 Å². The molecule has 0 unspecified atom stereocenters. The minimum atomic E-state index is -3.81. The zero-order valence-electron chi connectivity index (χ0n) is 11.4. The number of terminal acetylenes is 1. The van der Waals surface area contributed by atoms with Crippen molar-refractivity contribution in [3.8, 4) is 12.3 Å². The fraction of sp³-hybridized carbons (Fsp3) is 0.357. The lowest BCUT2D eigenvalue weighted by atomic mass is 10.2. The van der Waals surface area contributed by atoms with Gasteiger partial charge in [0, 0.05) is 6.42 Å². The van der Waals surface area contributed by atoms with Crippen LogP contribution < -0.4 is 4.72 Å². The van der Waals surface area contributed by atoms with E-state index < -0.39 is 22.0 Å². The molecule has 5 nitrogen and oxygen atoms in total. The molecule has 6 heteroatoms. The fourth-order valence-electron chi connectivity index (χ4n) is 1.51. The number of ether oxygens (including phenoxy) is 1. The minimum Gasteiger partial charge on any atom is -0.465 e. The molecule has 0 aromatic heterocycles. The summed E-state index contributed by atoms with van der Waals surface area (Å²) in [7, 11) is -3.81. The van der Waals surface area contributed by atoms with Crippen LogP contribution in [0.4, 0.5) is 0 Å². The second-order valence-corrected chi connectivity index (χ2v) is 5.86. The molecule has 0 saturated heterocycles. The van der Waals surface area contributed by atoms with Crippen molar-refractivity contribution in [3.63, 3.8) is 0 Å². The van der Waals surface area contributed by atoms with Gasteiger partial charge < -0.3 is 4.74 Å². The summed E-state index contributed by atoms with van der Waals surface area (Å²) in [6.07, 6.45) is 5.08. The first-order chi connectivity index (χ1) is 9.40. The predicted molar refractivity (Wildman–Crippen MR) is 75.4 cm³/mol. The monoisotopic (exact) mass is 295 g/mol. The van der Waals surface area contributed by atoms with Crippen LogP contribution in [0.1, 0.15) is 18.9 Å². The summed E-state index contributed by atoms with van der Waals surface area (Å²) in [5.41, 5.74) is 0.939. The Morgan fingerprint density at radius 2 is 2.00 bits per heavy atom. The van der Waals surface area contributed by atoms with Gasteiger partial charge in [0.05, 0.1) is 11.5 Å². The van der Waals surface area contributed by atoms with E-state index in [4.69, 9.17) is 11.2 Å². The Morgan fingerprint density at radius 1 is 1.40 bits per heavy atom. The molecule has 108 valence electrons. The number of esters is 1. The third-order valence-corrected chi connectivity index (χ3v) is 4.01. The van der Waals surface area contributed by atoms with Crippen LogP contribution in [-0.2, 0) is 19.6 Å². The number of benzene rings is 1. The Hall–Kier alpha value is -1.84. The first-order valence-electron chi connectivity index (χ1n) is 6.09. The molecule has 0 saturated carbocycles. The van der Waals surface area contributed by atoms with Gasteiger partial charge in [-0.1, -0.05) is 17.7 Å². The summed E-state index contributed by atoms with van der Waals surface area (Å²) in [5, 5.41) is 0. The van der Waals surface area contributed by atoms with Crippen molar-refractivity contribution in [1.29, 1.82) is 0 Å². The van der Waals surface area contributed by atoms with Gasteiger partial charge in [0.15, 0.2) is 0 Å². The topological polar surface area (TPSA) is 72.5 Å². The molecular weight excluding hydrogens is 278 g/mol. The van der Waals surface area contributed by atoms with Gasteiger partial charge in [-0.25, -0.2) is 8.42 Å². The van der Waals surface area contributed by atoms with Crippen molar-refractivity contribution in [2.75, 3.05) is 6.61 Å². The summed E-state index contributed by atoms with van der Waals surface area (Å²) in [5.74, 6) is 1.58. The summed E-state index contributed by atoms with van der Waals surface area (Å²) in [6, 6.07) is 5.21. The maximum absolute atomic E-state index is 12.1. The van der Waals surface area contributed by atoms with Crippen molar-refractivity contribution >= 4 is 16.0 Å². The normalized spacial score (nSPS) is 12.4. The van der Waals surface area contributed by atoms with Gasteiger partial charge in [-0.2, -0.15) is 4.72 Å². The Bertz CT molecular complexity index is 599. The molecule has 0 fully saturated rings. The van der Waals surface area contributed by atoms with Crippen LogP contribution in [0.2, 0.25) is 0 Å². The largest absolute Gasteiger partial charge is 0.465 e. The van der Waals surface area contributed by atoms with Crippen LogP contribution in [0.25, 0.3) is 0 Å². The second kappa shape index (κ2) is 7.08. The number of hydrogen-bond acceptors (Lipinski definition) is 4. The van der Waals surface area contributed by atoms with Crippen LogP contribution in [0, 0.1) is 19.3 Å². The molecule has 0 aliphatic heterocycles. The van der Waals surface area contributed by atoms with Crippen LogP contribution in [0.3, 0.4) is 0 Å². The number of aryl methyl sites for hydroxylation is 1. The van der Waals surface area contributed by atoms with Gasteiger partial charge >= 0.3 is 5.97 Å². The number of carbonyl (C=O) groups is 1. The highest BCUT2D eigenvalue weighted by Crippen LogP contribution is 2.11. The fourth-order valence-corrected chi connectivity index (χ4v) is 2.69. The predicted octanol–water partition coefficient (Wildman–Crippen LogP) is 1.23. The highest BCUT2D eigenvalue weighted by atomic mass is 32.2. The molecule has 0 radical (unpaired) electrons. The molecule has 1 atom stereocenters. The summed E-state index contributed by atoms with van der Waals surface area (Å²) >= 11 is 0. The molecule has 0 aliphatic carbocycles. The Labute approximate surface area is 119 Å². The summed E-state index contributed by atoms with van der Waals surface area (Å²) in [6.45, 7) is 3.65. The first kappa shape index (κ1) is 16.2. The van der Waals surface area contributed by atoms with E-state index in [2.05, 4.69) is 10.6 Å². The SMILES string of the molecule is C#CC[C@H](NS(=O)(=O)c1ccc(C)cc1)C(=O)OCC. The van der Waals surface area contributed by atoms with E-state index in [9.17, 15) is 13.2 Å². The number of nitrogens with one attached hydrogen (secondary N) is 1. The van der Waals surface area contributed by atoms with Crippen molar-refractivity contribution < 1.29 is 17.9 Å². The van der Waals surface area contributed by atoms with E-state index >= 15 is 0 Å². The van der Waals surface area contributed by atoms with Crippen molar-refractivity contribution in [2.45, 2.75) is 31.2 Å². The average molecular weight is 295 g/mol. The molecule has 0 heterocycles. The zero-order chi connectivity index (χ0) is 15.2. The quantitative estimate of drug-likeness (QED) is 0.633. The molecule has 0 aliphatic rings. The summed E-state index contributed by atoms with van der Waals surface area (Å²) < 4.78 is 31.4. The van der Waals surface area contributed by atoms with E-state index in [1.165, 1.54) is 12.1 Å². The molecular formula is C14H17NO4S. The number of carbonyl (C=O) groups excluding carboxylic acids is 1. The van der Waals surface area contributed by atoms with Gasteiger partial charge in [0.2, 0.25) is 10.0 Å². The van der Waals surface area contributed by atoms with E-state index in [-0.39, 0.29) is 17.9 Å². The standard InChI is InChI=1S/C14H17NO4S/c1-4-6-13(14(16)19-5-2)15-20(17,18)12-9-7-11(3)8-10-12/h1,7-10,13,15H,5-6H2,2-3H3/t13-/m0/s1. The maximum atomic E-state index is 12.1. The molecule has 1 N–H and O–H groups in total. The van der Waals surface area contributed by atoms with Crippen molar-refractivity contribution in [1.82, 2.24) is 4.72 Å². The number of sulfonamides is 1. The molecule has 20 heavy (non-hydrogen) atoms. The van der Waals surface area contributed by atoms with Gasteiger partial charge in [0.25, 0.3) is 0 Å². The molecule has 0 bridgehead atoms. The smallest absolute Gasteiger partial charge is 0.325 e. The van der Waals surface area contributed by atoms with E-state index in [0.717, 1.165) is 5.56 Å². The van der Waals surface area contributed by atoms with E-state index in [0.29, 0.717) is 0 Å². The highest BCUT2D eigenvalue weighted by Gasteiger charge is 2.25. The lowest BCUT2D eigenvalue weighted by Crippen LogP contribution is -2.41. The van der Waals surface area contributed by atoms with Crippen molar-refractivity contribution in [3.05, 3.63) is 29.8 Å². The van der Waals surface area contributed by atoms with Crippen LogP contribution in [0.15, 0.2) is 29.2 Å². The Kier molecular flexibility index (Phi) is 5.74. The van der Waals surface area contributed by atoms with E-state index in [1.54, 1.807) is 19.1 Å². The maximum Gasteiger partial charge on any atom is 0.325 e. The molecule has 1 aromatic carbocycles. The van der Waals surface area contributed by atoms with Gasteiger partial charge in [-0.3, -0.25) is 4.79 Å². The molecule has 1 aromatic rings.